The van der Waals surface area contributed by atoms with Crippen molar-refractivity contribution in [3.05, 3.63) is 0 Å². The van der Waals surface area contributed by atoms with Crippen LogP contribution in [-0.2, 0) is 4.74 Å². The summed E-state index contributed by atoms with van der Waals surface area (Å²) in [5, 5.41) is 7.94. The quantitative estimate of drug-likeness (QED) is 0.707. The molecule has 0 atom stereocenters. The largest absolute Gasteiger partial charge is 0.394 e. The van der Waals surface area contributed by atoms with Crippen molar-refractivity contribution in [2.24, 2.45) is 0 Å². The number of aliphatic hydroxyl groups is 1. The van der Waals surface area contributed by atoms with Gasteiger partial charge >= 0.3 is 0 Å². The van der Waals surface area contributed by atoms with E-state index in [1.54, 1.807) is 7.11 Å². The van der Waals surface area contributed by atoms with Crippen molar-refractivity contribution in [1.82, 2.24) is 0 Å². The molecule has 0 saturated heterocycles. The van der Waals surface area contributed by atoms with Crippen LogP contribution >= 0.6 is 0 Å². The van der Waals surface area contributed by atoms with Crippen LogP contribution in [0.5, 0.6) is 0 Å². The molecule has 0 saturated carbocycles. The first-order valence-electron chi connectivity index (χ1n) is 1.51. The number of aliphatic hydroxyl groups excluding tert-OH is 1. The first-order chi connectivity index (χ1) is 2.41. The van der Waals surface area contributed by atoms with Crippen LogP contribution in [-0.4, -0.2) is 25.4 Å². The van der Waals surface area contributed by atoms with Gasteiger partial charge in [0.25, 0.3) is 0 Å². The topological polar surface area (TPSA) is 29.5 Å². The standard InChI is InChI=1S/C3H8O2.Tb/c1-5-3-2-4;/h4H,2-3H2,1H3;. The fraction of sp³-hybridized carbons (Fsp3) is 1.00. The molecule has 2 nitrogen and oxygen atoms in total. The SMILES string of the molecule is COCCO.[Tb]. The number of ether oxygens (including phenoxy) is 1. The zero-order chi connectivity index (χ0) is 4.12. The Balaban J connectivity index is 0. The van der Waals surface area contributed by atoms with E-state index in [-0.39, 0.29) is 45.2 Å². The van der Waals surface area contributed by atoms with Crippen molar-refractivity contribution >= 4 is 0 Å². The van der Waals surface area contributed by atoms with Gasteiger partial charge in [0.1, 0.15) is 0 Å². The van der Waals surface area contributed by atoms with Gasteiger partial charge in [-0.15, -0.1) is 0 Å². The van der Waals surface area contributed by atoms with Gasteiger partial charge in [0, 0.05) is 45.7 Å². The average molecular weight is 235 g/mol. The van der Waals surface area contributed by atoms with Gasteiger partial charge in [0.05, 0.1) is 13.2 Å². The number of hydrogen-bond donors (Lipinski definition) is 1. The van der Waals surface area contributed by atoms with Crippen molar-refractivity contribution in [2.75, 3.05) is 20.3 Å². The maximum absolute atomic E-state index is 7.94. The summed E-state index contributed by atoms with van der Waals surface area (Å²) >= 11 is 0. The summed E-state index contributed by atoms with van der Waals surface area (Å²) in [6.07, 6.45) is 0. The molecule has 0 aliphatic rings. The predicted octanol–water partition coefficient (Wildman–Crippen LogP) is -0.375. The Kier molecular flexibility index (Phi) is 16.2. The van der Waals surface area contributed by atoms with Gasteiger partial charge in [-0.2, -0.15) is 0 Å². The Labute approximate surface area is 68.3 Å². The fourth-order valence-corrected chi connectivity index (χ4v) is 0.0913. The molecule has 0 aromatic heterocycles. The molecule has 0 unspecified atom stereocenters. The van der Waals surface area contributed by atoms with Crippen LogP contribution in [0.1, 0.15) is 0 Å². The fourth-order valence-electron chi connectivity index (χ4n) is 0.0913. The summed E-state index contributed by atoms with van der Waals surface area (Å²) in [5.41, 5.74) is 0. The van der Waals surface area contributed by atoms with Crippen LogP contribution in [0, 0.1) is 38.6 Å². The third-order valence-corrected chi connectivity index (χ3v) is 0.295. The third kappa shape index (κ3) is 8.96. The van der Waals surface area contributed by atoms with Gasteiger partial charge in [-0.25, -0.2) is 0 Å². The molecular weight excluding hydrogens is 227 g/mol. The van der Waals surface area contributed by atoms with Crippen LogP contribution in [0.25, 0.3) is 0 Å². The predicted molar refractivity (Wildman–Crippen MR) is 19.0 cm³/mol. The molecule has 0 aromatic rings. The van der Waals surface area contributed by atoms with Crippen molar-refractivity contribution in [3.63, 3.8) is 0 Å². The van der Waals surface area contributed by atoms with E-state index in [0.717, 1.165) is 0 Å². The molecule has 6 heavy (non-hydrogen) atoms. The van der Waals surface area contributed by atoms with Crippen molar-refractivity contribution in [3.8, 4) is 0 Å². The van der Waals surface area contributed by atoms with Gasteiger partial charge in [-0.1, -0.05) is 0 Å². The second-order valence-electron chi connectivity index (χ2n) is 0.716. The van der Waals surface area contributed by atoms with Gasteiger partial charge in [0.2, 0.25) is 0 Å². The van der Waals surface area contributed by atoms with Gasteiger partial charge < -0.3 is 9.84 Å². The zero-order valence-electron chi connectivity index (χ0n) is 3.60. The minimum absolute atomic E-state index is 0. The summed E-state index contributed by atoms with van der Waals surface area (Å²) < 4.78 is 4.44. The Bertz CT molecular complexity index is 16.3. The van der Waals surface area contributed by atoms with Crippen LogP contribution in [0.2, 0.25) is 0 Å². The molecule has 1 N–H and O–H groups in total. The Morgan fingerprint density at radius 1 is 1.67 bits per heavy atom. The van der Waals surface area contributed by atoms with E-state index >= 15 is 0 Å². The van der Waals surface area contributed by atoms with Crippen LogP contribution < -0.4 is 0 Å². The van der Waals surface area contributed by atoms with Crippen molar-refractivity contribution in [2.45, 2.75) is 0 Å². The summed E-state index contributed by atoms with van der Waals surface area (Å²) in [6, 6.07) is 0. The molecular formula is C3H8O2Tb. The minimum Gasteiger partial charge on any atom is -0.394 e. The molecule has 0 spiro atoms. The second kappa shape index (κ2) is 9.51. The van der Waals surface area contributed by atoms with E-state index in [4.69, 9.17) is 5.11 Å². The first-order valence-corrected chi connectivity index (χ1v) is 1.51. The summed E-state index contributed by atoms with van der Waals surface area (Å²) in [6.45, 7) is 0.566. The maximum atomic E-state index is 7.94. The van der Waals surface area contributed by atoms with E-state index in [0.29, 0.717) is 6.61 Å². The molecule has 0 bridgehead atoms. The molecule has 0 fully saturated rings. The molecule has 0 aliphatic carbocycles. The maximum Gasteiger partial charge on any atom is 0.0693 e. The molecule has 1 radical (unpaired) electrons. The van der Waals surface area contributed by atoms with Crippen molar-refractivity contribution in [1.29, 1.82) is 0 Å². The van der Waals surface area contributed by atoms with Crippen LogP contribution in [0.15, 0.2) is 0 Å². The average Bonchev–Trinajstić information content (AvgIpc) is 1.41. The normalized spacial score (nSPS) is 7.00. The van der Waals surface area contributed by atoms with E-state index in [2.05, 4.69) is 4.74 Å². The Hall–Kier alpha value is 1.21. The van der Waals surface area contributed by atoms with Gasteiger partial charge in [-0.05, 0) is 0 Å². The van der Waals surface area contributed by atoms with E-state index in [1.165, 1.54) is 0 Å². The van der Waals surface area contributed by atoms with Gasteiger partial charge in [0.15, 0.2) is 0 Å². The second-order valence-corrected chi connectivity index (χ2v) is 0.716. The molecule has 0 heterocycles. The summed E-state index contributed by atoms with van der Waals surface area (Å²) in [5.74, 6) is 0. The molecule has 41 valence electrons. The van der Waals surface area contributed by atoms with Crippen LogP contribution in [0.4, 0.5) is 0 Å². The van der Waals surface area contributed by atoms with E-state index in [9.17, 15) is 0 Å². The number of rotatable bonds is 2. The van der Waals surface area contributed by atoms with Crippen LogP contribution in [0.3, 0.4) is 0 Å². The first kappa shape index (κ1) is 10.2. The zero-order valence-corrected chi connectivity index (χ0v) is 5.74. The molecule has 0 aliphatic heterocycles. The van der Waals surface area contributed by atoms with Crippen molar-refractivity contribution < 1.29 is 48.5 Å². The van der Waals surface area contributed by atoms with Gasteiger partial charge in [-0.3, -0.25) is 0 Å². The summed E-state index contributed by atoms with van der Waals surface area (Å²) in [4.78, 5) is 0. The number of hydrogen-bond acceptors (Lipinski definition) is 2. The monoisotopic (exact) mass is 235 g/mol. The Morgan fingerprint density at radius 2 is 2.17 bits per heavy atom. The molecule has 0 rings (SSSR count). The third-order valence-electron chi connectivity index (χ3n) is 0.295. The molecule has 3 heteroatoms. The number of methoxy groups -OCH3 is 1. The molecule has 0 aromatic carbocycles. The molecule has 0 amide bonds. The smallest absolute Gasteiger partial charge is 0.0693 e. The van der Waals surface area contributed by atoms with E-state index in [1.807, 2.05) is 0 Å². The minimum atomic E-state index is 0. The Morgan fingerprint density at radius 3 is 2.17 bits per heavy atom. The summed E-state index contributed by atoms with van der Waals surface area (Å²) in [7, 11) is 1.55. The van der Waals surface area contributed by atoms with E-state index < -0.39 is 0 Å².